The molecule has 17 heavy (non-hydrogen) atoms. The molecule has 0 unspecified atom stereocenters. The van der Waals surface area contributed by atoms with Crippen molar-refractivity contribution in [3.05, 3.63) is 29.8 Å². The fourth-order valence-electron chi connectivity index (χ4n) is 2.15. The van der Waals surface area contributed by atoms with E-state index < -0.39 is 0 Å². The summed E-state index contributed by atoms with van der Waals surface area (Å²) < 4.78 is 0. The Morgan fingerprint density at radius 2 is 1.65 bits per heavy atom. The molecule has 1 rings (SSSR count). The molecule has 1 aromatic carbocycles. The normalized spacial score (nSPS) is 11.7. The first-order chi connectivity index (χ1) is 7.97. The van der Waals surface area contributed by atoms with Gasteiger partial charge < -0.3 is 5.11 Å². The summed E-state index contributed by atoms with van der Waals surface area (Å²) in [7, 11) is 0. The Kier molecular flexibility index (Phi) is 5.49. The zero-order valence-electron chi connectivity index (χ0n) is 11.5. The second-order valence-electron chi connectivity index (χ2n) is 5.65. The van der Waals surface area contributed by atoms with Crippen LogP contribution in [0.5, 0.6) is 5.75 Å². The van der Waals surface area contributed by atoms with Crippen molar-refractivity contribution in [1.82, 2.24) is 4.90 Å². The number of aromatic hydroxyl groups is 1. The van der Waals surface area contributed by atoms with Crippen LogP contribution in [0.4, 0.5) is 0 Å². The maximum atomic E-state index is 9.47. The van der Waals surface area contributed by atoms with Crippen molar-refractivity contribution >= 4 is 0 Å². The van der Waals surface area contributed by atoms with Gasteiger partial charge in [-0.1, -0.05) is 39.8 Å². The van der Waals surface area contributed by atoms with Gasteiger partial charge in [-0.3, -0.25) is 4.90 Å². The molecular weight excluding hydrogens is 210 g/mol. The molecule has 0 atom stereocenters. The molecule has 0 fully saturated rings. The largest absolute Gasteiger partial charge is 0.508 e. The minimum atomic E-state index is 0.358. The molecule has 0 bridgehead atoms. The van der Waals surface area contributed by atoms with Gasteiger partial charge in [-0.2, -0.15) is 0 Å². The van der Waals surface area contributed by atoms with Crippen molar-refractivity contribution in [2.75, 3.05) is 13.1 Å². The van der Waals surface area contributed by atoms with Gasteiger partial charge in [-0.15, -0.1) is 0 Å². The van der Waals surface area contributed by atoms with Crippen molar-refractivity contribution < 1.29 is 5.11 Å². The van der Waals surface area contributed by atoms with Crippen LogP contribution in [0.25, 0.3) is 0 Å². The van der Waals surface area contributed by atoms with Gasteiger partial charge in [0.15, 0.2) is 0 Å². The van der Waals surface area contributed by atoms with Gasteiger partial charge in [-0.05, 0) is 29.5 Å². The lowest BCUT2D eigenvalue weighted by Crippen LogP contribution is -2.30. The second kappa shape index (κ2) is 6.65. The third-order valence-corrected chi connectivity index (χ3v) is 2.56. The monoisotopic (exact) mass is 235 g/mol. The van der Waals surface area contributed by atoms with Crippen LogP contribution < -0.4 is 0 Å². The Balaban J connectivity index is 2.64. The highest BCUT2D eigenvalue weighted by atomic mass is 16.3. The summed E-state index contributed by atoms with van der Waals surface area (Å²) in [6.45, 7) is 12.1. The number of hydrogen-bond acceptors (Lipinski definition) is 2. The number of hydrogen-bond donors (Lipinski definition) is 1. The zero-order chi connectivity index (χ0) is 12.8. The van der Waals surface area contributed by atoms with Crippen LogP contribution in [0.15, 0.2) is 24.3 Å². The highest BCUT2D eigenvalue weighted by molar-refractivity contribution is 5.26. The summed E-state index contributed by atoms with van der Waals surface area (Å²) in [5, 5.41) is 9.47. The molecular formula is C15H25NO. The van der Waals surface area contributed by atoms with Crippen LogP contribution in [0.1, 0.15) is 33.3 Å². The number of nitrogens with zero attached hydrogens (tertiary/aromatic N) is 1. The quantitative estimate of drug-likeness (QED) is 0.815. The van der Waals surface area contributed by atoms with Crippen LogP contribution in [0.2, 0.25) is 0 Å². The third-order valence-electron chi connectivity index (χ3n) is 2.56. The maximum absolute atomic E-state index is 9.47. The highest BCUT2D eigenvalue weighted by Gasteiger charge is 2.10. The fraction of sp³-hybridized carbons (Fsp3) is 0.600. The highest BCUT2D eigenvalue weighted by Crippen LogP contribution is 2.14. The Hall–Kier alpha value is -1.02. The molecule has 0 amide bonds. The lowest BCUT2D eigenvalue weighted by atomic mass is 10.1. The van der Waals surface area contributed by atoms with E-state index in [-0.39, 0.29) is 0 Å². The number of rotatable bonds is 6. The van der Waals surface area contributed by atoms with Crippen molar-refractivity contribution in [2.45, 2.75) is 34.2 Å². The van der Waals surface area contributed by atoms with E-state index in [0.29, 0.717) is 17.6 Å². The van der Waals surface area contributed by atoms with E-state index in [1.807, 2.05) is 12.1 Å². The lowest BCUT2D eigenvalue weighted by molar-refractivity contribution is 0.211. The average Bonchev–Trinajstić information content (AvgIpc) is 2.14. The van der Waals surface area contributed by atoms with Crippen LogP contribution in [-0.2, 0) is 6.54 Å². The van der Waals surface area contributed by atoms with Crippen molar-refractivity contribution in [1.29, 1.82) is 0 Å². The first-order valence-corrected chi connectivity index (χ1v) is 6.47. The van der Waals surface area contributed by atoms with Gasteiger partial charge in [0.05, 0.1) is 0 Å². The van der Waals surface area contributed by atoms with Gasteiger partial charge in [0.1, 0.15) is 5.75 Å². The summed E-state index contributed by atoms with van der Waals surface area (Å²) in [6.07, 6.45) is 0. The van der Waals surface area contributed by atoms with E-state index in [2.05, 4.69) is 38.7 Å². The summed E-state index contributed by atoms with van der Waals surface area (Å²) in [4.78, 5) is 2.46. The molecule has 0 heterocycles. The van der Waals surface area contributed by atoms with Crippen molar-refractivity contribution in [3.63, 3.8) is 0 Å². The molecule has 2 nitrogen and oxygen atoms in total. The molecule has 96 valence electrons. The molecule has 0 aromatic heterocycles. The first kappa shape index (κ1) is 14.0. The first-order valence-electron chi connectivity index (χ1n) is 6.47. The summed E-state index contributed by atoms with van der Waals surface area (Å²) in [5.41, 5.74) is 1.19. The molecule has 0 aliphatic rings. The summed E-state index contributed by atoms with van der Waals surface area (Å²) in [6, 6.07) is 7.56. The standard InChI is InChI=1S/C15H25NO/c1-12(2)9-16(10-13(3)4)11-14-6-5-7-15(17)8-14/h5-8,12-13,17H,9-11H2,1-4H3. The minimum absolute atomic E-state index is 0.358. The average molecular weight is 235 g/mol. The molecule has 0 saturated carbocycles. The fourth-order valence-corrected chi connectivity index (χ4v) is 2.15. The van der Waals surface area contributed by atoms with E-state index in [0.717, 1.165) is 19.6 Å². The molecule has 0 radical (unpaired) electrons. The van der Waals surface area contributed by atoms with Crippen LogP contribution in [-0.4, -0.2) is 23.1 Å². The number of phenolic OH excluding ortho intramolecular Hbond substituents is 1. The molecule has 0 aliphatic carbocycles. The Labute approximate surface area is 105 Å². The summed E-state index contributed by atoms with van der Waals surface area (Å²) in [5.74, 6) is 1.70. The van der Waals surface area contributed by atoms with Gasteiger partial charge in [0, 0.05) is 19.6 Å². The van der Waals surface area contributed by atoms with Crippen LogP contribution in [0, 0.1) is 11.8 Å². The second-order valence-corrected chi connectivity index (χ2v) is 5.65. The smallest absolute Gasteiger partial charge is 0.115 e. The molecule has 1 aromatic rings. The predicted molar refractivity (Wildman–Crippen MR) is 73.1 cm³/mol. The van der Waals surface area contributed by atoms with Gasteiger partial charge in [0.25, 0.3) is 0 Å². The Bertz CT molecular complexity index is 323. The lowest BCUT2D eigenvalue weighted by Gasteiger charge is -2.26. The zero-order valence-corrected chi connectivity index (χ0v) is 11.5. The van der Waals surface area contributed by atoms with Crippen molar-refractivity contribution in [3.8, 4) is 5.75 Å². The molecule has 0 spiro atoms. The van der Waals surface area contributed by atoms with Crippen molar-refractivity contribution in [2.24, 2.45) is 11.8 Å². The van der Waals surface area contributed by atoms with E-state index in [1.165, 1.54) is 5.56 Å². The number of phenols is 1. The Morgan fingerprint density at radius 1 is 1.06 bits per heavy atom. The minimum Gasteiger partial charge on any atom is -0.508 e. The third kappa shape index (κ3) is 5.73. The Morgan fingerprint density at radius 3 is 2.12 bits per heavy atom. The van der Waals surface area contributed by atoms with E-state index >= 15 is 0 Å². The maximum Gasteiger partial charge on any atom is 0.115 e. The van der Waals surface area contributed by atoms with Crippen LogP contribution in [0.3, 0.4) is 0 Å². The predicted octanol–water partition coefficient (Wildman–Crippen LogP) is 3.51. The topological polar surface area (TPSA) is 23.5 Å². The van der Waals surface area contributed by atoms with E-state index in [9.17, 15) is 5.11 Å². The molecule has 0 saturated heterocycles. The SMILES string of the molecule is CC(C)CN(Cc1cccc(O)c1)CC(C)C. The van der Waals surface area contributed by atoms with E-state index in [4.69, 9.17) is 0 Å². The molecule has 1 N–H and O–H groups in total. The van der Waals surface area contributed by atoms with E-state index in [1.54, 1.807) is 6.07 Å². The van der Waals surface area contributed by atoms with Crippen LogP contribution >= 0.6 is 0 Å². The molecule has 0 aliphatic heterocycles. The molecule has 2 heteroatoms. The summed E-state index contributed by atoms with van der Waals surface area (Å²) >= 11 is 0. The van der Waals surface area contributed by atoms with Gasteiger partial charge in [0.2, 0.25) is 0 Å². The number of benzene rings is 1. The van der Waals surface area contributed by atoms with Gasteiger partial charge >= 0.3 is 0 Å². The van der Waals surface area contributed by atoms with Gasteiger partial charge in [-0.25, -0.2) is 0 Å².